The number of carboxylic acids is 1. The predicted octanol–water partition coefficient (Wildman–Crippen LogP) is 1.55. The normalized spacial score (nSPS) is 10.3. The van der Waals surface area contributed by atoms with Crippen LogP contribution in [0.15, 0.2) is 35.1 Å². The fraction of sp³-hybridized carbons (Fsp3) is 0.154. The highest BCUT2D eigenvalue weighted by Gasteiger charge is 2.17. The molecule has 2 rings (SSSR count). The van der Waals surface area contributed by atoms with Crippen LogP contribution < -0.4 is 5.56 Å². The Morgan fingerprint density at radius 1 is 1.22 bits per heavy atom. The van der Waals surface area contributed by atoms with Crippen LogP contribution in [0.3, 0.4) is 0 Å². The fourth-order valence-electron chi connectivity index (χ4n) is 1.84. The lowest BCUT2D eigenvalue weighted by Gasteiger charge is -2.09. The van der Waals surface area contributed by atoms with Crippen LogP contribution in [0, 0.1) is 13.8 Å². The van der Waals surface area contributed by atoms with E-state index in [4.69, 9.17) is 5.11 Å². The zero-order chi connectivity index (χ0) is 13.3. The molecule has 0 aliphatic rings. The minimum absolute atomic E-state index is 0.0211. The highest BCUT2D eigenvalue weighted by Crippen LogP contribution is 2.10. The van der Waals surface area contributed by atoms with Gasteiger partial charge in [-0.1, -0.05) is 18.2 Å². The Morgan fingerprint density at radius 3 is 2.39 bits per heavy atom. The molecule has 0 unspecified atom stereocenters. The van der Waals surface area contributed by atoms with Crippen molar-refractivity contribution in [3.05, 3.63) is 57.5 Å². The van der Waals surface area contributed by atoms with Crippen molar-refractivity contribution in [1.82, 2.24) is 9.78 Å². The van der Waals surface area contributed by atoms with Gasteiger partial charge in [-0.05, 0) is 26.0 Å². The molecule has 0 fully saturated rings. The van der Waals surface area contributed by atoms with Gasteiger partial charge in [-0.15, -0.1) is 0 Å². The molecule has 1 heterocycles. The number of para-hydroxylation sites is 1. The summed E-state index contributed by atoms with van der Waals surface area (Å²) in [6.07, 6.45) is 0. The fourth-order valence-corrected chi connectivity index (χ4v) is 1.84. The Labute approximate surface area is 103 Å². The maximum absolute atomic E-state index is 12.1. The summed E-state index contributed by atoms with van der Waals surface area (Å²) in [6.45, 7) is 3.08. The van der Waals surface area contributed by atoms with Crippen LogP contribution in [0.2, 0.25) is 0 Å². The van der Waals surface area contributed by atoms with Crippen LogP contribution in [0.5, 0.6) is 0 Å². The number of aromatic nitrogens is 2. The number of aryl methyl sites for hydroxylation is 1. The molecule has 0 aliphatic carbocycles. The number of carbonyl (C=O) groups is 1. The van der Waals surface area contributed by atoms with Crippen molar-refractivity contribution in [1.29, 1.82) is 0 Å². The van der Waals surface area contributed by atoms with Gasteiger partial charge in [-0.3, -0.25) is 4.79 Å². The summed E-state index contributed by atoms with van der Waals surface area (Å²) in [5.74, 6) is -1.13. The minimum atomic E-state index is -1.13. The van der Waals surface area contributed by atoms with E-state index in [1.54, 1.807) is 31.2 Å². The molecule has 0 saturated heterocycles. The number of hydrogen-bond donors (Lipinski definition) is 1. The van der Waals surface area contributed by atoms with Gasteiger partial charge in [0.2, 0.25) is 0 Å². The highest BCUT2D eigenvalue weighted by molar-refractivity contribution is 5.90. The first-order chi connectivity index (χ1) is 8.52. The van der Waals surface area contributed by atoms with E-state index in [2.05, 4.69) is 5.10 Å². The molecule has 18 heavy (non-hydrogen) atoms. The van der Waals surface area contributed by atoms with Crippen molar-refractivity contribution in [3.63, 3.8) is 0 Å². The summed E-state index contributed by atoms with van der Waals surface area (Å²) >= 11 is 0. The Morgan fingerprint density at radius 2 is 1.83 bits per heavy atom. The SMILES string of the molecule is Cc1nn(-c2ccccc2)c(=O)c(C)c1C(=O)O. The molecule has 1 aromatic carbocycles. The van der Waals surface area contributed by atoms with Crippen molar-refractivity contribution >= 4 is 5.97 Å². The second kappa shape index (κ2) is 4.44. The number of benzene rings is 1. The molecular weight excluding hydrogens is 232 g/mol. The summed E-state index contributed by atoms with van der Waals surface area (Å²) in [7, 11) is 0. The van der Waals surface area contributed by atoms with Crippen LogP contribution in [0.1, 0.15) is 21.6 Å². The van der Waals surface area contributed by atoms with Crippen molar-refractivity contribution in [2.45, 2.75) is 13.8 Å². The molecule has 1 N–H and O–H groups in total. The Hall–Kier alpha value is -2.43. The van der Waals surface area contributed by atoms with E-state index >= 15 is 0 Å². The molecule has 0 amide bonds. The van der Waals surface area contributed by atoms with Gasteiger partial charge in [0.05, 0.1) is 16.9 Å². The van der Waals surface area contributed by atoms with E-state index in [9.17, 15) is 9.59 Å². The first-order valence-electron chi connectivity index (χ1n) is 5.41. The predicted molar refractivity (Wildman–Crippen MR) is 66.3 cm³/mol. The minimum Gasteiger partial charge on any atom is -0.478 e. The lowest BCUT2D eigenvalue weighted by Crippen LogP contribution is -2.27. The maximum atomic E-state index is 12.1. The van der Waals surface area contributed by atoms with Gasteiger partial charge in [0.25, 0.3) is 5.56 Å². The van der Waals surface area contributed by atoms with Crippen molar-refractivity contribution in [2.75, 3.05) is 0 Å². The Balaban J connectivity index is 2.74. The van der Waals surface area contributed by atoms with E-state index in [0.717, 1.165) is 0 Å². The summed E-state index contributed by atoms with van der Waals surface area (Å²) in [5, 5.41) is 13.1. The Kier molecular flexibility index (Phi) is 2.97. The molecule has 0 spiro atoms. The molecule has 0 radical (unpaired) electrons. The smallest absolute Gasteiger partial charge is 0.338 e. The largest absolute Gasteiger partial charge is 0.478 e. The summed E-state index contributed by atoms with van der Waals surface area (Å²) in [4.78, 5) is 23.1. The van der Waals surface area contributed by atoms with Gasteiger partial charge < -0.3 is 5.11 Å². The van der Waals surface area contributed by atoms with Crippen molar-refractivity contribution in [3.8, 4) is 5.69 Å². The summed E-state index contributed by atoms with van der Waals surface area (Å²) in [6, 6.07) is 8.90. The van der Waals surface area contributed by atoms with Gasteiger partial charge in [-0.2, -0.15) is 9.78 Å². The topological polar surface area (TPSA) is 72.2 Å². The van der Waals surface area contributed by atoms with E-state index < -0.39 is 11.5 Å². The van der Waals surface area contributed by atoms with Crippen LogP contribution in [-0.2, 0) is 0 Å². The molecule has 0 saturated carbocycles. The second-order valence-electron chi connectivity index (χ2n) is 3.94. The second-order valence-corrected chi connectivity index (χ2v) is 3.94. The lowest BCUT2D eigenvalue weighted by atomic mass is 10.1. The van der Waals surface area contributed by atoms with Crippen LogP contribution >= 0.6 is 0 Å². The molecular formula is C13H12N2O3. The zero-order valence-corrected chi connectivity index (χ0v) is 10.0. The number of carboxylic acid groups (broad SMARTS) is 1. The van der Waals surface area contributed by atoms with E-state index in [1.807, 2.05) is 6.07 Å². The maximum Gasteiger partial charge on any atom is 0.338 e. The standard InChI is InChI=1S/C13H12N2O3/c1-8-11(13(17)18)9(2)14-15(12(8)16)10-6-4-3-5-7-10/h3-7H,1-2H3,(H,17,18). The van der Waals surface area contributed by atoms with Crippen LogP contribution in [-0.4, -0.2) is 20.9 Å². The first-order valence-corrected chi connectivity index (χ1v) is 5.41. The molecule has 92 valence electrons. The van der Waals surface area contributed by atoms with Gasteiger partial charge in [0.1, 0.15) is 0 Å². The van der Waals surface area contributed by atoms with Gasteiger partial charge >= 0.3 is 5.97 Å². The van der Waals surface area contributed by atoms with Crippen LogP contribution in [0.4, 0.5) is 0 Å². The molecule has 0 aliphatic heterocycles. The molecule has 5 nitrogen and oxygen atoms in total. The number of aromatic carboxylic acids is 1. The molecule has 5 heteroatoms. The van der Waals surface area contributed by atoms with Gasteiger partial charge in [-0.25, -0.2) is 4.79 Å². The van der Waals surface area contributed by atoms with E-state index in [1.165, 1.54) is 11.6 Å². The van der Waals surface area contributed by atoms with Crippen molar-refractivity contribution < 1.29 is 9.90 Å². The number of hydrogen-bond acceptors (Lipinski definition) is 3. The average Bonchev–Trinajstić information content (AvgIpc) is 2.34. The zero-order valence-electron chi connectivity index (χ0n) is 10.0. The highest BCUT2D eigenvalue weighted by atomic mass is 16.4. The Bertz CT molecular complexity index is 660. The lowest BCUT2D eigenvalue weighted by molar-refractivity contribution is 0.0694. The molecule has 0 bridgehead atoms. The molecule has 2 aromatic rings. The van der Waals surface area contributed by atoms with Crippen molar-refractivity contribution in [2.24, 2.45) is 0 Å². The monoisotopic (exact) mass is 244 g/mol. The average molecular weight is 244 g/mol. The van der Waals surface area contributed by atoms with Gasteiger partial charge in [0, 0.05) is 5.56 Å². The van der Waals surface area contributed by atoms with E-state index in [-0.39, 0.29) is 11.1 Å². The third-order valence-electron chi connectivity index (χ3n) is 2.71. The number of rotatable bonds is 2. The third kappa shape index (κ3) is 1.90. The quantitative estimate of drug-likeness (QED) is 0.869. The summed E-state index contributed by atoms with van der Waals surface area (Å²) < 4.78 is 1.22. The van der Waals surface area contributed by atoms with Crippen LogP contribution in [0.25, 0.3) is 5.69 Å². The third-order valence-corrected chi connectivity index (χ3v) is 2.71. The molecule has 0 atom stereocenters. The summed E-state index contributed by atoms with van der Waals surface area (Å²) in [5.41, 5.74) is 0.698. The number of nitrogens with zero attached hydrogens (tertiary/aromatic N) is 2. The molecule has 1 aromatic heterocycles. The van der Waals surface area contributed by atoms with E-state index in [0.29, 0.717) is 11.4 Å². The first kappa shape index (κ1) is 12.0. The van der Waals surface area contributed by atoms with Gasteiger partial charge in [0.15, 0.2) is 0 Å².